The van der Waals surface area contributed by atoms with Gasteiger partial charge in [0.25, 0.3) is 0 Å². The SMILES string of the molecule is C[C@H]1C[C@@H](n2nnc3c(NC4CC4c4ccc(F)c(F)c4)nc(SCCC(F)(F)F)nc32)[C@H](O)[C@@H]1O. The van der Waals surface area contributed by atoms with Gasteiger partial charge in [0.1, 0.15) is 6.10 Å². The molecule has 0 aliphatic heterocycles. The number of thioether (sulfide) groups is 1. The van der Waals surface area contributed by atoms with Crippen LogP contribution in [0.3, 0.4) is 0 Å². The van der Waals surface area contributed by atoms with Crippen LogP contribution in [0.15, 0.2) is 23.4 Å². The zero-order valence-corrected chi connectivity index (χ0v) is 19.8. The van der Waals surface area contributed by atoms with Crippen LogP contribution in [0.4, 0.5) is 27.8 Å². The number of alkyl halides is 3. The van der Waals surface area contributed by atoms with E-state index in [1.165, 1.54) is 10.7 Å². The van der Waals surface area contributed by atoms with Crippen LogP contribution in [0.2, 0.25) is 0 Å². The predicted molar refractivity (Wildman–Crippen MR) is 120 cm³/mol. The summed E-state index contributed by atoms with van der Waals surface area (Å²) >= 11 is 0.827. The highest BCUT2D eigenvalue weighted by Gasteiger charge is 2.43. The van der Waals surface area contributed by atoms with Crippen molar-refractivity contribution in [2.75, 3.05) is 11.1 Å². The van der Waals surface area contributed by atoms with Gasteiger partial charge in [-0.3, -0.25) is 0 Å². The van der Waals surface area contributed by atoms with Gasteiger partial charge in [0, 0.05) is 17.7 Å². The van der Waals surface area contributed by atoms with E-state index in [9.17, 15) is 32.2 Å². The number of aliphatic hydroxyl groups excluding tert-OH is 2. The molecule has 5 rings (SSSR count). The summed E-state index contributed by atoms with van der Waals surface area (Å²) in [6, 6.07) is 2.89. The average molecular weight is 531 g/mol. The second-order valence-corrected chi connectivity index (χ2v) is 10.4. The van der Waals surface area contributed by atoms with E-state index < -0.39 is 42.5 Å². The maximum atomic E-state index is 13.7. The number of anilines is 1. The molecule has 2 fully saturated rings. The number of rotatable bonds is 7. The van der Waals surface area contributed by atoms with Crippen LogP contribution in [0.1, 0.15) is 43.7 Å². The van der Waals surface area contributed by atoms with Crippen LogP contribution in [-0.2, 0) is 0 Å². The number of aromatic nitrogens is 5. The first-order valence-electron chi connectivity index (χ1n) is 11.4. The normalized spacial score (nSPS) is 28.1. The first-order valence-corrected chi connectivity index (χ1v) is 12.4. The molecular weight excluding hydrogens is 507 g/mol. The van der Waals surface area contributed by atoms with Crippen molar-refractivity contribution < 1.29 is 32.2 Å². The van der Waals surface area contributed by atoms with Gasteiger partial charge in [-0.25, -0.2) is 23.4 Å². The Labute approximate surface area is 206 Å². The van der Waals surface area contributed by atoms with E-state index in [2.05, 4.69) is 25.6 Å². The van der Waals surface area contributed by atoms with Crippen molar-refractivity contribution in [3.63, 3.8) is 0 Å². The van der Waals surface area contributed by atoms with Crippen LogP contribution >= 0.6 is 11.8 Å². The molecule has 0 saturated heterocycles. The quantitative estimate of drug-likeness (QED) is 0.240. The van der Waals surface area contributed by atoms with Gasteiger partial charge < -0.3 is 15.5 Å². The second kappa shape index (κ2) is 9.38. The van der Waals surface area contributed by atoms with Crippen molar-refractivity contribution in [1.82, 2.24) is 25.0 Å². The fourth-order valence-electron chi connectivity index (χ4n) is 4.57. The number of hydrogen-bond donors (Lipinski definition) is 3. The third kappa shape index (κ3) is 4.98. The Balaban J connectivity index is 1.44. The number of hydrogen-bond acceptors (Lipinski definition) is 8. The summed E-state index contributed by atoms with van der Waals surface area (Å²) in [4.78, 5) is 8.73. The predicted octanol–water partition coefficient (Wildman–Crippen LogP) is 3.81. The zero-order chi connectivity index (χ0) is 25.8. The molecule has 3 N–H and O–H groups in total. The minimum Gasteiger partial charge on any atom is -0.390 e. The molecule has 2 unspecified atom stereocenters. The lowest BCUT2D eigenvalue weighted by Crippen LogP contribution is -2.29. The lowest BCUT2D eigenvalue weighted by Gasteiger charge is -2.17. The fraction of sp³-hybridized carbons (Fsp3) is 0.545. The third-order valence-corrected chi connectivity index (χ3v) is 7.51. The van der Waals surface area contributed by atoms with Gasteiger partial charge in [0.05, 0.1) is 18.6 Å². The Hall–Kier alpha value is -2.58. The largest absolute Gasteiger partial charge is 0.390 e. The Kier molecular flexibility index (Phi) is 6.53. The van der Waals surface area contributed by atoms with Crippen molar-refractivity contribution in [3.8, 4) is 0 Å². The van der Waals surface area contributed by atoms with E-state index in [1.54, 1.807) is 6.92 Å². The van der Waals surface area contributed by atoms with Crippen molar-refractivity contribution in [3.05, 3.63) is 35.4 Å². The van der Waals surface area contributed by atoms with E-state index in [-0.39, 0.29) is 45.8 Å². The molecular formula is C22H23F5N6O2S. The standard InChI is InChI=1S/C22H23F5N6O2S/c1-9-6-15(18(35)17(9)34)33-20-16(31-32-33)19(29-21(30-20)36-5-4-22(25,26)27)28-14-8-11(14)10-2-3-12(23)13(24)7-10/h2-3,7,9,11,14-15,17-18,34-35H,4-6,8H2,1H3,(H,28,29,30)/t9-,11?,14?,15+,17+,18-/m0/s1. The second-order valence-electron chi connectivity index (χ2n) is 9.30. The summed E-state index contributed by atoms with van der Waals surface area (Å²) in [7, 11) is 0. The van der Waals surface area contributed by atoms with Crippen molar-refractivity contribution >= 4 is 28.7 Å². The summed E-state index contributed by atoms with van der Waals surface area (Å²) in [6.45, 7) is 1.79. The van der Waals surface area contributed by atoms with E-state index in [0.717, 1.165) is 23.9 Å². The Morgan fingerprint density at radius 3 is 2.56 bits per heavy atom. The van der Waals surface area contributed by atoms with E-state index >= 15 is 0 Å². The summed E-state index contributed by atoms with van der Waals surface area (Å²) < 4.78 is 66.4. The van der Waals surface area contributed by atoms with Gasteiger partial charge in [-0.05, 0) is 36.5 Å². The summed E-state index contributed by atoms with van der Waals surface area (Å²) in [6.07, 6.45) is -6.41. The Morgan fingerprint density at radius 2 is 1.89 bits per heavy atom. The minimum atomic E-state index is -4.33. The van der Waals surface area contributed by atoms with Crippen molar-refractivity contribution in [2.24, 2.45) is 5.92 Å². The summed E-state index contributed by atoms with van der Waals surface area (Å²) in [5.74, 6) is -2.25. The summed E-state index contributed by atoms with van der Waals surface area (Å²) in [5, 5.41) is 32.2. The smallest absolute Gasteiger partial charge is 0.389 e. The molecule has 0 spiro atoms. The van der Waals surface area contributed by atoms with Gasteiger partial charge in [-0.15, -0.1) is 5.10 Å². The van der Waals surface area contributed by atoms with Crippen LogP contribution in [0, 0.1) is 17.6 Å². The molecule has 1 aromatic carbocycles. The lowest BCUT2D eigenvalue weighted by atomic mass is 10.1. The molecule has 0 radical (unpaired) electrons. The van der Waals surface area contributed by atoms with Gasteiger partial charge in [0.15, 0.2) is 33.8 Å². The number of benzene rings is 1. The molecule has 3 aromatic rings. The van der Waals surface area contributed by atoms with Crippen molar-refractivity contribution in [2.45, 2.75) is 67.7 Å². The Morgan fingerprint density at radius 1 is 1.11 bits per heavy atom. The van der Waals surface area contributed by atoms with Gasteiger partial charge in [0.2, 0.25) is 0 Å². The molecule has 2 aromatic heterocycles. The van der Waals surface area contributed by atoms with E-state index in [0.29, 0.717) is 18.4 Å². The molecule has 2 aliphatic carbocycles. The molecule has 36 heavy (non-hydrogen) atoms. The number of nitrogens with zero attached hydrogens (tertiary/aromatic N) is 5. The van der Waals surface area contributed by atoms with Crippen molar-refractivity contribution in [1.29, 1.82) is 0 Å². The lowest BCUT2D eigenvalue weighted by molar-refractivity contribution is -0.129. The highest BCUT2D eigenvalue weighted by Crippen LogP contribution is 2.44. The molecule has 194 valence electrons. The van der Waals surface area contributed by atoms with Crippen LogP contribution in [-0.4, -0.2) is 65.4 Å². The average Bonchev–Trinajstić information content (AvgIpc) is 3.37. The van der Waals surface area contributed by atoms with Gasteiger partial charge in [-0.1, -0.05) is 30.0 Å². The monoisotopic (exact) mass is 530 g/mol. The molecule has 8 nitrogen and oxygen atoms in total. The first kappa shape index (κ1) is 25.1. The third-order valence-electron chi connectivity index (χ3n) is 6.66. The topological polar surface area (TPSA) is 109 Å². The van der Waals surface area contributed by atoms with Gasteiger partial charge in [-0.2, -0.15) is 13.2 Å². The van der Waals surface area contributed by atoms with Crippen LogP contribution < -0.4 is 5.32 Å². The number of aliphatic hydroxyl groups is 2. The molecule has 2 aliphatic rings. The summed E-state index contributed by atoms with van der Waals surface area (Å²) in [5.41, 5.74) is 1.09. The highest BCUT2D eigenvalue weighted by molar-refractivity contribution is 7.99. The van der Waals surface area contributed by atoms with Crippen LogP contribution in [0.5, 0.6) is 0 Å². The molecule has 2 heterocycles. The Bertz CT molecular complexity index is 1270. The minimum absolute atomic E-state index is 0.0731. The first-order chi connectivity index (χ1) is 17.0. The maximum Gasteiger partial charge on any atom is 0.389 e. The van der Waals surface area contributed by atoms with E-state index in [1.807, 2.05) is 0 Å². The number of halogens is 5. The maximum absolute atomic E-state index is 13.7. The van der Waals surface area contributed by atoms with E-state index in [4.69, 9.17) is 0 Å². The number of nitrogens with one attached hydrogen (secondary N) is 1. The highest BCUT2D eigenvalue weighted by atomic mass is 32.2. The van der Waals surface area contributed by atoms with Gasteiger partial charge >= 0.3 is 6.18 Å². The molecule has 0 bridgehead atoms. The molecule has 6 atom stereocenters. The molecule has 14 heteroatoms. The number of fused-ring (bicyclic) bond motifs is 1. The van der Waals surface area contributed by atoms with Crippen LogP contribution in [0.25, 0.3) is 11.2 Å². The molecule has 2 saturated carbocycles. The zero-order valence-electron chi connectivity index (χ0n) is 19.0. The molecule has 0 amide bonds. The fourth-order valence-corrected chi connectivity index (χ4v) is 5.39.